The number of hydrogen-bond donors (Lipinski definition) is 3. The van der Waals surface area contributed by atoms with Crippen molar-refractivity contribution in [2.24, 2.45) is 5.73 Å². The smallest absolute Gasteiger partial charge is 0.253 e. The average molecular weight is 454 g/mol. The summed E-state index contributed by atoms with van der Waals surface area (Å²) in [5.41, 5.74) is 10.6. The van der Waals surface area contributed by atoms with Crippen LogP contribution in [0, 0.1) is 0 Å². The molecule has 4 aromatic rings. The van der Waals surface area contributed by atoms with Crippen LogP contribution in [0.5, 0.6) is 0 Å². The molecule has 2 saturated heterocycles. The Kier molecular flexibility index (Phi) is 4.88. The second kappa shape index (κ2) is 7.95. The second-order valence-corrected chi connectivity index (χ2v) is 9.50. The first kappa shape index (κ1) is 20.9. The summed E-state index contributed by atoms with van der Waals surface area (Å²) in [5.74, 6) is -0.475. The van der Waals surface area contributed by atoms with Gasteiger partial charge in [-0.1, -0.05) is 30.3 Å². The maximum atomic E-state index is 13.3. The van der Waals surface area contributed by atoms with Crippen LogP contribution in [-0.4, -0.2) is 51.9 Å². The largest absolute Gasteiger partial charge is 0.366 e. The molecule has 1 spiro atoms. The number of benzene rings is 2. The summed E-state index contributed by atoms with van der Waals surface area (Å²) in [4.78, 5) is 35.6. The van der Waals surface area contributed by atoms with Crippen molar-refractivity contribution < 1.29 is 9.59 Å². The Hall–Kier alpha value is -3.71. The summed E-state index contributed by atoms with van der Waals surface area (Å²) in [6, 6.07) is 17.1. The van der Waals surface area contributed by atoms with Crippen LogP contribution in [0.4, 0.5) is 0 Å². The Morgan fingerprint density at radius 1 is 1.00 bits per heavy atom. The van der Waals surface area contributed by atoms with E-state index in [1.807, 2.05) is 53.4 Å². The monoisotopic (exact) mass is 453 g/mol. The van der Waals surface area contributed by atoms with Gasteiger partial charge < -0.3 is 20.9 Å². The van der Waals surface area contributed by atoms with E-state index in [4.69, 9.17) is 10.7 Å². The Bertz CT molecular complexity index is 1410. The number of hydrogen-bond acceptors (Lipinski definition) is 4. The molecule has 2 amide bonds. The molecule has 172 valence electrons. The van der Waals surface area contributed by atoms with E-state index in [2.05, 4.69) is 10.3 Å². The van der Waals surface area contributed by atoms with Gasteiger partial charge in [0.05, 0.1) is 22.3 Å². The highest BCUT2D eigenvalue weighted by Gasteiger charge is 2.37. The number of fused-ring (bicyclic) bond motifs is 3. The lowest BCUT2D eigenvalue weighted by Crippen LogP contribution is -2.51. The fourth-order valence-electron chi connectivity index (χ4n) is 5.56. The molecular weight excluding hydrogens is 426 g/mol. The summed E-state index contributed by atoms with van der Waals surface area (Å²) < 4.78 is 0. The Balaban J connectivity index is 1.36. The number of aromatic nitrogens is 2. The van der Waals surface area contributed by atoms with Crippen molar-refractivity contribution in [3.05, 3.63) is 65.7 Å². The van der Waals surface area contributed by atoms with Crippen molar-refractivity contribution in [1.82, 2.24) is 20.2 Å². The van der Waals surface area contributed by atoms with Crippen LogP contribution >= 0.6 is 0 Å². The Morgan fingerprint density at radius 3 is 2.50 bits per heavy atom. The number of nitrogens with one attached hydrogen (secondary N) is 2. The van der Waals surface area contributed by atoms with Gasteiger partial charge in [-0.25, -0.2) is 4.98 Å². The van der Waals surface area contributed by atoms with E-state index in [9.17, 15) is 9.59 Å². The van der Waals surface area contributed by atoms with Crippen LogP contribution in [0.25, 0.3) is 33.2 Å². The van der Waals surface area contributed by atoms with Gasteiger partial charge in [-0.3, -0.25) is 9.59 Å². The Labute approximate surface area is 197 Å². The van der Waals surface area contributed by atoms with Crippen molar-refractivity contribution in [3.63, 3.8) is 0 Å². The Morgan fingerprint density at radius 2 is 1.79 bits per heavy atom. The minimum absolute atomic E-state index is 0.0430. The fourth-order valence-corrected chi connectivity index (χ4v) is 5.56. The van der Waals surface area contributed by atoms with Crippen molar-refractivity contribution in [1.29, 1.82) is 0 Å². The molecule has 2 aromatic heterocycles. The van der Waals surface area contributed by atoms with Crippen LogP contribution < -0.4 is 11.1 Å². The van der Waals surface area contributed by atoms with Gasteiger partial charge in [0.15, 0.2) is 0 Å². The molecule has 34 heavy (non-hydrogen) atoms. The van der Waals surface area contributed by atoms with Crippen molar-refractivity contribution in [2.45, 2.75) is 31.2 Å². The fraction of sp³-hybridized carbons (Fsp3) is 0.296. The zero-order valence-corrected chi connectivity index (χ0v) is 18.9. The number of aromatic amines is 1. The zero-order chi connectivity index (χ0) is 23.3. The van der Waals surface area contributed by atoms with Crippen molar-refractivity contribution >= 4 is 33.8 Å². The molecule has 2 aromatic carbocycles. The topological polar surface area (TPSA) is 104 Å². The van der Waals surface area contributed by atoms with Crippen LogP contribution in [0.2, 0.25) is 0 Å². The number of pyridine rings is 1. The van der Waals surface area contributed by atoms with Crippen LogP contribution in [0.3, 0.4) is 0 Å². The van der Waals surface area contributed by atoms with Gasteiger partial charge >= 0.3 is 0 Å². The molecule has 6 rings (SSSR count). The van der Waals surface area contributed by atoms with Gasteiger partial charge in [-0.05, 0) is 56.5 Å². The number of H-pyrrole nitrogens is 1. The molecule has 2 fully saturated rings. The minimum Gasteiger partial charge on any atom is -0.366 e. The lowest BCUT2D eigenvalue weighted by atomic mass is 9.86. The molecule has 7 nitrogen and oxygen atoms in total. The number of amides is 2. The van der Waals surface area contributed by atoms with Gasteiger partial charge in [0.2, 0.25) is 0 Å². The highest BCUT2D eigenvalue weighted by molar-refractivity contribution is 6.14. The highest BCUT2D eigenvalue weighted by Crippen LogP contribution is 2.33. The van der Waals surface area contributed by atoms with Gasteiger partial charge in [0.1, 0.15) is 0 Å². The van der Waals surface area contributed by atoms with Crippen LogP contribution in [-0.2, 0) is 0 Å². The number of nitrogens with two attached hydrogens (primary N) is 1. The number of primary amides is 1. The van der Waals surface area contributed by atoms with E-state index < -0.39 is 5.91 Å². The first-order valence-corrected chi connectivity index (χ1v) is 11.9. The lowest BCUT2D eigenvalue weighted by molar-refractivity contribution is 0.0657. The molecule has 0 atom stereocenters. The SMILES string of the molecule is NC(=O)c1cc(-c2ccccc2)nc2c1[nH]c1cc(C(=O)N3CCC4(CCCN4)CC3)ccc12. The van der Waals surface area contributed by atoms with Crippen LogP contribution in [0.15, 0.2) is 54.6 Å². The average Bonchev–Trinajstić information content (AvgIpc) is 3.48. The van der Waals surface area contributed by atoms with Crippen LogP contribution in [0.1, 0.15) is 46.4 Å². The maximum Gasteiger partial charge on any atom is 0.253 e. The summed E-state index contributed by atoms with van der Waals surface area (Å²) in [5, 5.41) is 4.51. The summed E-state index contributed by atoms with van der Waals surface area (Å²) in [6.07, 6.45) is 4.43. The lowest BCUT2D eigenvalue weighted by Gasteiger charge is -2.39. The minimum atomic E-state index is -0.518. The first-order chi connectivity index (χ1) is 16.5. The summed E-state index contributed by atoms with van der Waals surface area (Å²) in [7, 11) is 0. The van der Waals surface area contributed by atoms with E-state index in [0.29, 0.717) is 27.9 Å². The first-order valence-electron chi connectivity index (χ1n) is 11.9. The number of carbonyl (C=O) groups excluding carboxylic acids is 2. The molecule has 0 aliphatic carbocycles. The third-order valence-corrected chi connectivity index (χ3v) is 7.48. The third kappa shape index (κ3) is 3.44. The van der Waals surface area contributed by atoms with E-state index in [0.717, 1.165) is 48.9 Å². The molecule has 4 heterocycles. The van der Waals surface area contributed by atoms with Gasteiger partial charge in [0, 0.05) is 40.7 Å². The van der Waals surface area contributed by atoms with Crippen molar-refractivity contribution in [2.75, 3.05) is 19.6 Å². The molecule has 0 unspecified atom stereocenters. The molecule has 4 N–H and O–H groups in total. The third-order valence-electron chi connectivity index (χ3n) is 7.48. The molecule has 2 aliphatic heterocycles. The van der Waals surface area contributed by atoms with Crippen molar-refractivity contribution in [3.8, 4) is 11.3 Å². The standard InChI is InChI=1S/C27H27N5O2/c28-25(33)20-16-21(17-5-2-1-3-6-17)30-23-19-8-7-18(15-22(19)31-24(20)23)26(34)32-13-10-27(11-14-32)9-4-12-29-27/h1-3,5-8,15-16,29,31H,4,9-14H2,(H2,28,33). The molecule has 0 saturated carbocycles. The number of nitrogens with zero attached hydrogens (tertiary/aromatic N) is 2. The molecule has 0 radical (unpaired) electrons. The predicted molar refractivity (Wildman–Crippen MR) is 133 cm³/mol. The summed E-state index contributed by atoms with van der Waals surface area (Å²) >= 11 is 0. The molecular formula is C27H27N5O2. The van der Waals surface area contributed by atoms with Gasteiger partial charge in [0.25, 0.3) is 11.8 Å². The number of carbonyl (C=O) groups is 2. The zero-order valence-electron chi connectivity index (χ0n) is 18.9. The number of likely N-dealkylation sites (tertiary alicyclic amines) is 1. The van der Waals surface area contributed by atoms with E-state index in [-0.39, 0.29) is 11.4 Å². The van der Waals surface area contributed by atoms with Gasteiger partial charge in [-0.2, -0.15) is 0 Å². The molecule has 2 aliphatic rings. The van der Waals surface area contributed by atoms with E-state index >= 15 is 0 Å². The quantitative estimate of drug-likeness (QED) is 0.438. The van der Waals surface area contributed by atoms with Gasteiger partial charge in [-0.15, -0.1) is 0 Å². The van der Waals surface area contributed by atoms with E-state index in [1.54, 1.807) is 6.07 Å². The highest BCUT2D eigenvalue weighted by atomic mass is 16.2. The molecule has 7 heteroatoms. The predicted octanol–water partition coefficient (Wildman–Crippen LogP) is 3.84. The number of rotatable bonds is 3. The second-order valence-electron chi connectivity index (χ2n) is 9.50. The normalized spacial score (nSPS) is 17.6. The molecule has 0 bridgehead atoms. The maximum absolute atomic E-state index is 13.3. The summed E-state index contributed by atoms with van der Waals surface area (Å²) in [6.45, 7) is 2.62. The number of piperidine rings is 1. The van der Waals surface area contributed by atoms with E-state index in [1.165, 1.54) is 12.8 Å².